The van der Waals surface area contributed by atoms with Gasteiger partial charge in [-0.2, -0.15) is 0 Å². The molecule has 2 aromatic rings. The molecular formula is C20H22FNO2. The number of carbonyl (C=O) groups is 1. The summed E-state index contributed by atoms with van der Waals surface area (Å²) < 4.78 is 19.7. The van der Waals surface area contributed by atoms with Crippen molar-refractivity contribution >= 4 is 5.91 Å². The Morgan fingerprint density at radius 1 is 1.17 bits per heavy atom. The molecule has 24 heavy (non-hydrogen) atoms. The number of nitrogens with zero attached hydrogens (tertiary/aromatic N) is 1. The van der Waals surface area contributed by atoms with E-state index in [9.17, 15) is 9.18 Å². The average molecular weight is 327 g/mol. The third kappa shape index (κ3) is 3.94. The molecule has 0 atom stereocenters. The van der Waals surface area contributed by atoms with E-state index in [1.165, 1.54) is 13.8 Å². The summed E-state index contributed by atoms with van der Waals surface area (Å²) in [6.07, 6.45) is 0.722. The van der Waals surface area contributed by atoms with Gasteiger partial charge in [0.15, 0.2) is 0 Å². The standard InChI is InChI=1S/C20H22FNO2/c1-20(2,21)14-22-11-10-16-12-17(8-9-18(16)19(22)23)24-13-15-6-4-3-5-7-15/h3-9,12H,10-11,13-14H2,1-2H3. The van der Waals surface area contributed by atoms with Gasteiger partial charge in [-0.25, -0.2) is 4.39 Å². The highest BCUT2D eigenvalue weighted by molar-refractivity contribution is 5.97. The fraction of sp³-hybridized carbons (Fsp3) is 0.350. The molecule has 0 spiro atoms. The summed E-state index contributed by atoms with van der Waals surface area (Å²) in [7, 11) is 0. The van der Waals surface area contributed by atoms with Crippen LogP contribution in [0.2, 0.25) is 0 Å². The van der Waals surface area contributed by atoms with Gasteiger partial charge >= 0.3 is 0 Å². The van der Waals surface area contributed by atoms with Gasteiger partial charge in [0, 0.05) is 12.1 Å². The lowest BCUT2D eigenvalue weighted by molar-refractivity contribution is 0.0611. The molecule has 126 valence electrons. The number of ether oxygens (including phenoxy) is 1. The molecule has 0 unspecified atom stereocenters. The first-order valence-electron chi connectivity index (χ1n) is 8.20. The summed E-state index contributed by atoms with van der Waals surface area (Å²) >= 11 is 0. The summed E-state index contributed by atoms with van der Waals surface area (Å²) in [5, 5.41) is 0. The van der Waals surface area contributed by atoms with Crippen LogP contribution in [-0.4, -0.2) is 29.6 Å². The van der Waals surface area contributed by atoms with Crippen molar-refractivity contribution in [1.29, 1.82) is 0 Å². The summed E-state index contributed by atoms with van der Waals surface area (Å²) in [6, 6.07) is 15.5. The summed E-state index contributed by atoms with van der Waals surface area (Å²) in [4.78, 5) is 14.1. The minimum Gasteiger partial charge on any atom is -0.489 e. The van der Waals surface area contributed by atoms with Crippen LogP contribution in [0.25, 0.3) is 0 Å². The molecule has 0 N–H and O–H groups in total. The molecule has 0 saturated carbocycles. The molecular weight excluding hydrogens is 305 g/mol. The Labute approximate surface area is 142 Å². The summed E-state index contributed by atoms with van der Waals surface area (Å²) in [5.41, 5.74) is 1.34. The maximum Gasteiger partial charge on any atom is 0.254 e. The van der Waals surface area contributed by atoms with E-state index >= 15 is 0 Å². The zero-order valence-electron chi connectivity index (χ0n) is 14.1. The fourth-order valence-corrected chi connectivity index (χ4v) is 2.95. The van der Waals surface area contributed by atoms with Crippen LogP contribution in [0.15, 0.2) is 48.5 Å². The second-order valence-electron chi connectivity index (χ2n) is 6.79. The van der Waals surface area contributed by atoms with Gasteiger partial charge in [0.05, 0.1) is 6.54 Å². The highest BCUT2D eigenvalue weighted by Crippen LogP contribution is 2.26. The van der Waals surface area contributed by atoms with E-state index in [1.54, 1.807) is 11.0 Å². The number of amides is 1. The van der Waals surface area contributed by atoms with Crippen LogP contribution < -0.4 is 4.74 Å². The van der Waals surface area contributed by atoms with Gasteiger partial charge in [0.25, 0.3) is 5.91 Å². The lowest BCUT2D eigenvalue weighted by atomic mass is 9.97. The van der Waals surface area contributed by atoms with Crippen LogP contribution in [-0.2, 0) is 13.0 Å². The van der Waals surface area contributed by atoms with E-state index in [1.807, 2.05) is 42.5 Å². The predicted octanol–water partition coefficient (Wildman–Crippen LogP) is 4.01. The second-order valence-corrected chi connectivity index (χ2v) is 6.79. The molecule has 0 aliphatic carbocycles. The van der Waals surface area contributed by atoms with E-state index in [4.69, 9.17) is 4.74 Å². The fourth-order valence-electron chi connectivity index (χ4n) is 2.95. The van der Waals surface area contributed by atoms with Crippen molar-refractivity contribution in [2.75, 3.05) is 13.1 Å². The van der Waals surface area contributed by atoms with Crippen molar-refractivity contribution < 1.29 is 13.9 Å². The van der Waals surface area contributed by atoms with E-state index in [0.29, 0.717) is 18.7 Å². The van der Waals surface area contributed by atoms with Crippen LogP contribution in [0.3, 0.4) is 0 Å². The molecule has 3 nitrogen and oxygen atoms in total. The molecule has 0 fully saturated rings. The van der Waals surface area contributed by atoms with Crippen LogP contribution in [0.4, 0.5) is 4.39 Å². The third-order valence-corrected chi connectivity index (χ3v) is 4.06. The average Bonchev–Trinajstić information content (AvgIpc) is 2.55. The molecule has 4 heteroatoms. The lowest BCUT2D eigenvalue weighted by Gasteiger charge is -2.32. The molecule has 1 aliphatic heterocycles. The number of rotatable bonds is 5. The van der Waals surface area contributed by atoms with Crippen molar-refractivity contribution in [1.82, 2.24) is 4.90 Å². The Hall–Kier alpha value is -2.36. The van der Waals surface area contributed by atoms with Crippen LogP contribution >= 0.6 is 0 Å². The van der Waals surface area contributed by atoms with E-state index < -0.39 is 5.67 Å². The minimum atomic E-state index is -1.38. The Morgan fingerprint density at radius 2 is 1.92 bits per heavy atom. The first-order valence-corrected chi connectivity index (χ1v) is 8.20. The molecule has 1 amide bonds. The van der Waals surface area contributed by atoms with E-state index in [2.05, 4.69) is 0 Å². The largest absolute Gasteiger partial charge is 0.489 e. The van der Waals surface area contributed by atoms with Crippen LogP contribution in [0.1, 0.15) is 35.3 Å². The number of alkyl halides is 1. The number of hydrogen-bond donors (Lipinski definition) is 0. The van der Waals surface area contributed by atoms with Gasteiger partial charge in [-0.05, 0) is 49.6 Å². The number of hydrogen-bond acceptors (Lipinski definition) is 2. The van der Waals surface area contributed by atoms with E-state index in [0.717, 1.165) is 23.3 Å². The Kier molecular flexibility index (Phi) is 4.56. The molecule has 0 radical (unpaired) electrons. The maximum absolute atomic E-state index is 13.8. The van der Waals surface area contributed by atoms with Gasteiger partial charge in [-0.3, -0.25) is 4.79 Å². The van der Waals surface area contributed by atoms with Crippen molar-refractivity contribution in [3.63, 3.8) is 0 Å². The smallest absolute Gasteiger partial charge is 0.254 e. The zero-order chi connectivity index (χ0) is 17.2. The van der Waals surface area contributed by atoms with Gasteiger partial charge in [0.1, 0.15) is 18.0 Å². The Morgan fingerprint density at radius 3 is 2.62 bits per heavy atom. The van der Waals surface area contributed by atoms with Crippen molar-refractivity contribution in [3.05, 3.63) is 65.2 Å². The molecule has 0 aromatic heterocycles. The van der Waals surface area contributed by atoms with Crippen molar-refractivity contribution in [2.24, 2.45) is 0 Å². The lowest BCUT2D eigenvalue weighted by Crippen LogP contribution is -2.44. The van der Waals surface area contributed by atoms with Gasteiger partial charge in [-0.15, -0.1) is 0 Å². The monoisotopic (exact) mass is 327 g/mol. The molecule has 2 aromatic carbocycles. The van der Waals surface area contributed by atoms with Crippen molar-refractivity contribution in [3.8, 4) is 5.75 Å². The van der Waals surface area contributed by atoms with Crippen LogP contribution in [0, 0.1) is 0 Å². The Balaban J connectivity index is 1.70. The first-order chi connectivity index (χ1) is 11.4. The molecule has 1 aliphatic rings. The normalized spacial score (nSPS) is 14.5. The van der Waals surface area contributed by atoms with Crippen LogP contribution in [0.5, 0.6) is 5.75 Å². The highest BCUT2D eigenvalue weighted by atomic mass is 19.1. The first kappa shape index (κ1) is 16.5. The van der Waals surface area contributed by atoms with Gasteiger partial charge in [-0.1, -0.05) is 30.3 Å². The number of carbonyl (C=O) groups excluding carboxylic acids is 1. The van der Waals surface area contributed by atoms with Gasteiger partial charge in [0.2, 0.25) is 0 Å². The van der Waals surface area contributed by atoms with Crippen molar-refractivity contribution in [2.45, 2.75) is 32.5 Å². The SMILES string of the molecule is CC(C)(F)CN1CCc2cc(OCc3ccccc3)ccc2C1=O. The number of benzene rings is 2. The zero-order valence-corrected chi connectivity index (χ0v) is 14.1. The third-order valence-electron chi connectivity index (χ3n) is 4.06. The predicted molar refractivity (Wildman–Crippen MR) is 92.0 cm³/mol. The molecule has 0 bridgehead atoms. The summed E-state index contributed by atoms with van der Waals surface area (Å²) in [5.74, 6) is 0.654. The number of halogens is 1. The summed E-state index contributed by atoms with van der Waals surface area (Å²) in [6.45, 7) is 4.15. The maximum atomic E-state index is 13.8. The second kappa shape index (κ2) is 6.63. The van der Waals surface area contributed by atoms with E-state index in [-0.39, 0.29) is 12.5 Å². The van der Waals surface area contributed by atoms with Gasteiger partial charge < -0.3 is 9.64 Å². The Bertz CT molecular complexity index is 722. The highest BCUT2D eigenvalue weighted by Gasteiger charge is 2.29. The number of fused-ring (bicyclic) bond motifs is 1. The molecule has 1 heterocycles. The molecule has 3 rings (SSSR count). The topological polar surface area (TPSA) is 29.5 Å². The minimum absolute atomic E-state index is 0.100. The molecule has 0 saturated heterocycles. The quantitative estimate of drug-likeness (QED) is 0.830.